The number of ether oxygens (including phenoxy) is 3. The van der Waals surface area contributed by atoms with Crippen molar-refractivity contribution in [2.45, 2.75) is 25.3 Å². The molecule has 0 N–H and O–H groups in total. The minimum absolute atomic E-state index is 0.0176. The highest BCUT2D eigenvalue weighted by molar-refractivity contribution is 6.02. The number of alkyl halides is 2. The van der Waals surface area contributed by atoms with Crippen LogP contribution in [0, 0.1) is 0 Å². The van der Waals surface area contributed by atoms with Gasteiger partial charge in [-0.05, 0) is 60.2 Å². The molecule has 0 unspecified atom stereocenters. The van der Waals surface area contributed by atoms with Gasteiger partial charge >= 0.3 is 6.61 Å². The molecule has 0 fully saturated rings. The largest absolute Gasteiger partial charge is 0.497 e. The standard InChI is InChI=1S/C24H20F2N2O3/c1-29-17-10-6-15(7-11-17)20-14-21-19-4-2-3-5-22(19)31-23(28(21)27-20)16-8-12-18(13-9-16)30-24(25)26/h2-13,21,23-24H,14H2,1H3/t21-,23-/m1/s1. The summed E-state index contributed by atoms with van der Waals surface area (Å²) in [7, 11) is 1.64. The van der Waals surface area contributed by atoms with Gasteiger partial charge in [0.2, 0.25) is 6.23 Å². The van der Waals surface area contributed by atoms with E-state index in [1.54, 1.807) is 19.2 Å². The molecule has 2 heterocycles. The van der Waals surface area contributed by atoms with E-state index in [0.29, 0.717) is 0 Å². The Labute approximate surface area is 178 Å². The summed E-state index contributed by atoms with van der Waals surface area (Å²) in [6, 6.07) is 22.3. The van der Waals surface area contributed by atoms with Crippen LogP contribution in [0.2, 0.25) is 0 Å². The second kappa shape index (κ2) is 7.91. The Morgan fingerprint density at radius 2 is 1.68 bits per heavy atom. The third-order valence-electron chi connectivity index (χ3n) is 5.51. The monoisotopic (exact) mass is 422 g/mol. The number of fused-ring (bicyclic) bond motifs is 3. The number of halogens is 2. The number of hydrogen-bond donors (Lipinski definition) is 0. The molecule has 5 nitrogen and oxygen atoms in total. The average Bonchev–Trinajstić information content (AvgIpc) is 3.25. The van der Waals surface area contributed by atoms with E-state index < -0.39 is 12.8 Å². The molecule has 5 rings (SSSR count). The Morgan fingerprint density at radius 3 is 2.39 bits per heavy atom. The molecule has 0 spiro atoms. The van der Waals surface area contributed by atoms with Crippen LogP contribution in [-0.2, 0) is 0 Å². The van der Waals surface area contributed by atoms with E-state index in [4.69, 9.17) is 14.6 Å². The number of para-hydroxylation sites is 1. The highest BCUT2D eigenvalue weighted by Crippen LogP contribution is 2.47. The molecule has 0 saturated heterocycles. The van der Waals surface area contributed by atoms with E-state index in [1.807, 2.05) is 47.5 Å². The summed E-state index contributed by atoms with van der Waals surface area (Å²) in [5, 5.41) is 6.85. The van der Waals surface area contributed by atoms with Crippen molar-refractivity contribution in [1.29, 1.82) is 0 Å². The lowest BCUT2D eigenvalue weighted by atomic mass is 9.96. The molecule has 7 heteroatoms. The van der Waals surface area contributed by atoms with Crippen molar-refractivity contribution in [3.05, 3.63) is 89.5 Å². The molecule has 2 aliphatic rings. The van der Waals surface area contributed by atoms with Gasteiger partial charge < -0.3 is 14.2 Å². The second-order valence-corrected chi connectivity index (χ2v) is 7.33. The Kier molecular flexibility index (Phi) is 4.94. The Bertz CT molecular complexity index is 1100. The van der Waals surface area contributed by atoms with Crippen LogP contribution in [0.3, 0.4) is 0 Å². The fraction of sp³-hybridized carbons (Fsp3) is 0.208. The SMILES string of the molecule is COc1ccc(C2=NN3[C@H](C2)c2ccccc2O[C@@H]3c2ccc(OC(F)F)cc2)cc1. The zero-order valence-corrected chi connectivity index (χ0v) is 16.7. The van der Waals surface area contributed by atoms with Crippen LogP contribution >= 0.6 is 0 Å². The van der Waals surface area contributed by atoms with E-state index in [1.165, 1.54) is 12.1 Å². The van der Waals surface area contributed by atoms with Crippen molar-refractivity contribution in [2.75, 3.05) is 7.11 Å². The first-order valence-corrected chi connectivity index (χ1v) is 9.93. The number of nitrogens with zero attached hydrogens (tertiary/aromatic N) is 2. The smallest absolute Gasteiger partial charge is 0.387 e. The van der Waals surface area contributed by atoms with Crippen LogP contribution in [0.5, 0.6) is 17.2 Å². The molecule has 3 aromatic carbocycles. The number of rotatable bonds is 5. The first-order chi connectivity index (χ1) is 15.1. The molecular weight excluding hydrogens is 402 g/mol. The van der Waals surface area contributed by atoms with Crippen LogP contribution in [0.15, 0.2) is 77.9 Å². The summed E-state index contributed by atoms with van der Waals surface area (Å²) < 4.78 is 41.0. The van der Waals surface area contributed by atoms with Gasteiger partial charge in [-0.3, -0.25) is 0 Å². The van der Waals surface area contributed by atoms with Gasteiger partial charge in [-0.25, -0.2) is 5.01 Å². The molecule has 31 heavy (non-hydrogen) atoms. The molecule has 0 aromatic heterocycles. The first kappa shape index (κ1) is 19.4. The van der Waals surface area contributed by atoms with Crippen molar-refractivity contribution in [1.82, 2.24) is 5.01 Å². The maximum absolute atomic E-state index is 12.5. The lowest BCUT2D eigenvalue weighted by Gasteiger charge is -2.38. The third-order valence-corrected chi connectivity index (χ3v) is 5.51. The number of benzene rings is 3. The molecule has 0 amide bonds. The van der Waals surface area contributed by atoms with Gasteiger partial charge in [-0.1, -0.05) is 18.2 Å². The summed E-state index contributed by atoms with van der Waals surface area (Å²) >= 11 is 0. The Hall–Kier alpha value is -3.61. The predicted octanol–water partition coefficient (Wildman–Crippen LogP) is 5.54. The minimum atomic E-state index is -2.86. The Morgan fingerprint density at radius 1 is 0.968 bits per heavy atom. The lowest BCUT2D eigenvalue weighted by molar-refractivity contribution is -0.0499. The van der Waals surface area contributed by atoms with Gasteiger partial charge in [-0.2, -0.15) is 13.9 Å². The fourth-order valence-corrected chi connectivity index (χ4v) is 4.03. The van der Waals surface area contributed by atoms with E-state index in [0.717, 1.165) is 40.3 Å². The molecule has 2 atom stereocenters. The van der Waals surface area contributed by atoms with Crippen molar-refractivity contribution in [2.24, 2.45) is 5.10 Å². The van der Waals surface area contributed by atoms with Crippen LogP contribution < -0.4 is 14.2 Å². The molecule has 0 aliphatic carbocycles. The molecule has 3 aromatic rings. The van der Waals surface area contributed by atoms with E-state index in [9.17, 15) is 8.78 Å². The molecule has 158 valence electrons. The molecular formula is C24H20F2N2O3. The zero-order valence-electron chi connectivity index (χ0n) is 16.7. The van der Waals surface area contributed by atoms with E-state index in [-0.39, 0.29) is 11.8 Å². The maximum atomic E-state index is 12.5. The molecule has 0 bridgehead atoms. The van der Waals surface area contributed by atoms with Gasteiger partial charge in [0.25, 0.3) is 0 Å². The number of hydrazone groups is 1. The quantitative estimate of drug-likeness (QED) is 0.542. The summed E-state index contributed by atoms with van der Waals surface area (Å²) in [5.74, 6) is 1.70. The van der Waals surface area contributed by atoms with Crippen molar-refractivity contribution in [3.63, 3.8) is 0 Å². The summed E-state index contributed by atoms with van der Waals surface area (Å²) in [6.45, 7) is -2.86. The van der Waals surface area contributed by atoms with Gasteiger partial charge in [0.15, 0.2) is 0 Å². The fourth-order valence-electron chi connectivity index (χ4n) is 4.03. The summed E-state index contributed by atoms with van der Waals surface area (Å²) in [5.41, 5.74) is 3.85. The van der Waals surface area contributed by atoms with Crippen molar-refractivity contribution < 1.29 is 23.0 Å². The van der Waals surface area contributed by atoms with Gasteiger partial charge in [0.1, 0.15) is 17.2 Å². The molecule has 0 radical (unpaired) electrons. The molecule has 0 saturated carbocycles. The Balaban J connectivity index is 1.50. The number of hydrogen-bond acceptors (Lipinski definition) is 5. The first-order valence-electron chi connectivity index (χ1n) is 9.93. The van der Waals surface area contributed by atoms with Gasteiger partial charge in [0, 0.05) is 17.5 Å². The van der Waals surface area contributed by atoms with Crippen LogP contribution in [-0.4, -0.2) is 24.4 Å². The van der Waals surface area contributed by atoms with Gasteiger partial charge in [-0.15, -0.1) is 0 Å². The van der Waals surface area contributed by atoms with Crippen LogP contribution in [0.1, 0.15) is 35.4 Å². The summed E-state index contributed by atoms with van der Waals surface area (Å²) in [6.07, 6.45) is 0.256. The number of methoxy groups -OCH3 is 1. The maximum Gasteiger partial charge on any atom is 0.387 e. The third kappa shape index (κ3) is 3.67. The second-order valence-electron chi connectivity index (χ2n) is 7.33. The summed E-state index contributed by atoms with van der Waals surface area (Å²) in [4.78, 5) is 0. The van der Waals surface area contributed by atoms with Crippen LogP contribution in [0.4, 0.5) is 8.78 Å². The average molecular weight is 422 g/mol. The topological polar surface area (TPSA) is 43.3 Å². The van der Waals surface area contributed by atoms with Crippen molar-refractivity contribution in [3.8, 4) is 17.2 Å². The highest BCUT2D eigenvalue weighted by atomic mass is 19.3. The van der Waals surface area contributed by atoms with E-state index in [2.05, 4.69) is 10.8 Å². The van der Waals surface area contributed by atoms with Crippen LogP contribution in [0.25, 0.3) is 0 Å². The minimum Gasteiger partial charge on any atom is -0.497 e. The molecule has 2 aliphatic heterocycles. The van der Waals surface area contributed by atoms with Crippen molar-refractivity contribution >= 4 is 5.71 Å². The lowest BCUT2D eigenvalue weighted by Crippen LogP contribution is -2.33. The highest BCUT2D eigenvalue weighted by Gasteiger charge is 2.40. The predicted molar refractivity (Wildman–Crippen MR) is 112 cm³/mol. The normalized spacial score (nSPS) is 19.4. The van der Waals surface area contributed by atoms with E-state index >= 15 is 0 Å². The van der Waals surface area contributed by atoms with Gasteiger partial charge in [0.05, 0.1) is 18.9 Å². The zero-order chi connectivity index (χ0) is 21.4.